The van der Waals surface area contributed by atoms with Gasteiger partial charge < -0.3 is 19.4 Å². The van der Waals surface area contributed by atoms with Crippen LogP contribution in [0.25, 0.3) is 0 Å². The Morgan fingerprint density at radius 2 is 1.75 bits per heavy atom. The first-order valence-electron chi connectivity index (χ1n) is 11.5. The van der Waals surface area contributed by atoms with E-state index in [2.05, 4.69) is 10.8 Å². The fourth-order valence-corrected chi connectivity index (χ4v) is 4.42. The van der Waals surface area contributed by atoms with Crippen LogP contribution in [0.2, 0.25) is 0 Å². The predicted octanol–water partition coefficient (Wildman–Crippen LogP) is 5.16. The first kappa shape index (κ1) is 29.4. The molecule has 0 aliphatic heterocycles. The summed E-state index contributed by atoms with van der Waals surface area (Å²) in [7, 11) is -2.77. The number of ether oxygens (including phenoxy) is 2. The third-order valence-electron chi connectivity index (χ3n) is 5.41. The van der Waals surface area contributed by atoms with Crippen LogP contribution in [0, 0.1) is 5.92 Å². The number of methoxy groups -OCH3 is 1. The second-order valence-electron chi connectivity index (χ2n) is 8.68. The second-order valence-corrected chi connectivity index (χ2v) is 10.4. The summed E-state index contributed by atoms with van der Waals surface area (Å²) in [5, 5.41) is 0. The summed E-state index contributed by atoms with van der Waals surface area (Å²) in [5.74, 6) is 0.229. The van der Waals surface area contributed by atoms with Crippen LogP contribution >= 0.6 is 0 Å². The molecule has 0 bridgehead atoms. The van der Waals surface area contributed by atoms with E-state index in [1.807, 2.05) is 26.0 Å². The highest BCUT2D eigenvalue weighted by Gasteiger charge is 2.28. The molecule has 0 spiro atoms. The molecule has 1 unspecified atom stereocenters. The van der Waals surface area contributed by atoms with Crippen molar-refractivity contribution in [3.63, 3.8) is 0 Å². The van der Waals surface area contributed by atoms with Gasteiger partial charge in [-0.05, 0) is 60.9 Å². The molecule has 200 valence electrons. The summed E-state index contributed by atoms with van der Waals surface area (Å²) in [4.78, 5) is 10.6. The van der Waals surface area contributed by atoms with Crippen LogP contribution in [-0.2, 0) is 32.5 Å². The highest BCUT2D eigenvalue weighted by Crippen LogP contribution is 2.34. The fourth-order valence-electron chi connectivity index (χ4n) is 3.44. The minimum Gasteiger partial charge on any atom is -0.468 e. The van der Waals surface area contributed by atoms with Gasteiger partial charge in [-0.1, -0.05) is 32.0 Å². The first-order chi connectivity index (χ1) is 16.8. The molecule has 0 saturated heterocycles. The lowest BCUT2D eigenvalue weighted by atomic mass is 10.1. The van der Waals surface area contributed by atoms with Gasteiger partial charge in [0, 0.05) is 12.5 Å². The molecular formula is C25H32F3NO6S. The molecule has 36 heavy (non-hydrogen) atoms. The average molecular weight is 532 g/mol. The minimum absolute atomic E-state index is 0.00656. The predicted molar refractivity (Wildman–Crippen MR) is 130 cm³/mol. The zero-order valence-electron chi connectivity index (χ0n) is 20.5. The van der Waals surface area contributed by atoms with E-state index in [4.69, 9.17) is 14.7 Å². The quantitative estimate of drug-likeness (QED) is 0.352. The molecule has 3 rings (SSSR count). The molecule has 2 N–H and O–H groups in total. The lowest BCUT2D eigenvalue weighted by Gasteiger charge is -2.12. The van der Waals surface area contributed by atoms with Crippen LogP contribution in [0.3, 0.4) is 0 Å². The number of carbonyl (C=O) groups is 1. The number of hydrogen-bond donors (Lipinski definition) is 1. The summed E-state index contributed by atoms with van der Waals surface area (Å²) in [6, 6.07) is 11.4. The maximum Gasteiger partial charge on any atom is 0.389 e. The fraction of sp³-hybridized carbons (Fsp3) is 0.480. The van der Waals surface area contributed by atoms with Crippen molar-refractivity contribution in [3.05, 3.63) is 53.6 Å². The number of halogens is 3. The molecule has 0 saturated carbocycles. The Hall–Kier alpha value is -2.79. The van der Waals surface area contributed by atoms with Crippen molar-refractivity contribution in [2.24, 2.45) is 11.7 Å². The van der Waals surface area contributed by atoms with E-state index in [9.17, 15) is 26.4 Å². The lowest BCUT2D eigenvalue weighted by Crippen LogP contribution is -2.36. The molecule has 1 aliphatic rings. The largest absolute Gasteiger partial charge is 0.468 e. The van der Waals surface area contributed by atoms with Gasteiger partial charge in [0.15, 0.2) is 0 Å². The molecule has 7 nitrogen and oxygen atoms in total. The summed E-state index contributed by atoms with van der Waals surface area (Å²) < 4.78 is 75.4. The van der Waals surface area contributed by atoms with Crippen LogP contribution in [0.15, 0.2) is 42.5 Å². The molecule has 0 heterocycles. The molecule has 1 atom stereocenters. The van der Waals surface area contributed by atoms with E-state index in [1.54, 1.807) is 12.1 Å². The van der Waals surface area contributed by atoms with Crippen molar-refractivity contribution in [2.45, 2.75) is 58.2 Å². The molecule has 2 aromatic rings. The van der Waals surface area contributed by atoms with E-state index < -0.39 is 40.9 Å². The Balaban J connectivity index is 0.000000434. The number of hydrogen-bond acceptors (Lipinski definition) is 7. The summed E-state index contributed by atoms with van der Waals surface area (Å²) >= 11 is 0. The number of alkyl halides is 3. The smallest absolute Gasteiger partial charge is 0.389 e. The van der Waals surface area contributed by atoms with Gasteiger partial charge in [-0.3, -0.25) is 4.79 Å². The number of carbonyl (C=O) groups excluding carboxylic acids is 1. The number of esters is 1. The van der Waals surface area contributed by atoms with Gasteiger partial charge in [-0.2, -0.15) is 21.6 Å². The van der Waals surface area contributed by atoms with Gasteiger partial charge in [0.2, 0.25) is 0 Å². The number of benzene rings is 2. The Bertz CT molecular complexity index is 1120. The van der Waals surface area contributed by atoms with Gasteiger partial charge >= 0.3 is 22.3 Å². The van der Waals surface area contributed by atoms with E-state index >= 15 is 0 Å². The monoisotopic (exact) mass is 531 g/mol. The van der Waals surface area contributed by atoms with E-state index in [0.29, 0.717) is 5.75 Å². The normalized spacial score (nSPS) is 13.9. The SMILES string of the molecule is COC(=O)C(N)C(C)C.O=S(=O)(CCCC(F)(F)F)Oc1cccc(Oc2cccc3c2CCC3)c1. The third-order valence-corrected chi connectivity index (χ3v) is 6.64. The summed E-state index contributed by atoms with van der Waals surface area (Å²) in [5.41, 5.74) is 7.78. The summed E-state index contributed by atoms with van der Waals surface area (Å²) in [6.45, 7) is 3.75. The van der Waals surface area contributed by atoms with Gasteiger partial charge in [0.1, 0.15) is 23.3 Å². The maximum atomic E-state index is 12.2. The number of aryl methyl sites for hydroxylation is 1. The lowest BCUT2D eigenvalue weighted by molar-refractivity contribution is -0.143. The minimum atomic E-state index is -4.39. The number of rotatable bonds is 9. The maximum absolute atomic E-state index is 12.2. The highest BCUT2D eigenvalue weighted by molar-refractivity contribution is 7.87. The van der Waals surface area contributed by atoms with Crippen molar-refractivity contribution in [1.29, 1.82) is 0 Å². The van der Waals surface area contributed by atoms with Crippen LogP contribution in [-0.4, -0.2) is 39.5 Å². The van der Waals surface area contributed by atoms with Crippen LogP contribution < -0.4 is 14.7 Å². The van der Waals surface area contributed by atoms with Crippen molar-refractivity contribution in [1.82, 2.24) is 0 Å². The molecule has 0 radical (unpaired) electrons. The Kier molecular flexibility index (Phi) is 10.6. The Labute approximate surface area is 209 Å². The summed E-state index contributed by atoms with van der Waals surface area (Å²) in [6.07, 6.45) is -3.11. The van der Waals surface area contributed by atoms with Crippen LogP contribution in [0.4, 0.5) is 13.2 Å². The molecule has 0 amide bonds. The van der Waals surface area contributed by atoms with E-state index in [1.165, 1.54) is 24.8 Å². The molecule has 1 aliphatic carbocycles. The molecule has 11 heteroatoms. The number of fused-ring (bicyclic) bond motifs is 1. The molecule has 0 aromatic heterocycles. The third kappa shape index (κ3) is 9.69. The van der Waals surface area contributed by atoms with Crippen molar-refractivity contribution < 1.29 is 40.0 Å². The highest BCUT2D eigenvalue weighted by atomic mass is 32.2. The Morgan fingerprint density at radius 3 is 2.36 bits per heavy atom. The van der Waals surface area contributed by atoms with Gasteiger partial charge in [-0.15, -0.1) is 0 Å². The first-order valence-corrected chi connectivity index (χ1v) is 13.1. The Morgan fingerprint density at radius 1 is 1.08 bits per heavy atom. The van der Waals surface area contributed by atoms with Crippen molar-refractivity contribution in [3.8, 4) is 17.2 Å². The van der Waals surface area contributed by atoms with E-state index in [0.717, 1.165) is 30.6 Å². The second kappa shape index (κ2) is 13.0. The van der Waals surface area contributed by atoms with Crippen molar-refractivity contribution >= 4 is 16.1 Å². The van der Waals surface area contributed by atoms with Gasteiger partial charge in [-0.25, -0.2) is 0 Å². The zero-order valence-corrected chi connectivity index (χ0v) is 21.3. The van der Waals surface area contributed by atoms with Crippen molar-refractivity contribution in [2.75, 3.05) is 12.9 Å². The number of nitrogens with two attached hydrogens (primary N) is 1. The zero-order chi connectivity index (χ0) is 26.9. The molecular weight excluding hydrogens is 499 g/mol. The standard InChI is InChI=1S/C19H19F3O4S.C6H13NO2/c20-19(21,22)11-4-12-27(23,24)26-16-8-3-7-15(13-16)25-18-10-2-6-14-5-1-9-17(14)18;1-4(2)5(7)6(8)9-3/h2-3,6-8,10,13H,1,4-5,9,11-12H2;4-5H,7H2,1-3H3. The van der Waals surface area contributed by atoms with Gasteiger partial charge in [0.05, 0.1) is 12.9 Å². The molecule has 2 aromatic carbocycles. The van der Waals surface area contributed by atoms with Crippen LogP contribution in [0.1, 0.15) is 44.2 Å². The molecule has 0 fully saturated rings. The average Bonchev–Trinajstić information content (AvgIpc) is 3.27. The topological polar surface area (TPSA) is 105 Å². The van der Waals surface area contributed by atoms with E-state index in [-0.39, 0.29) is 17.6 Å². The van der Waals surface area contributed by atoms with Gasteiger partial charge in [0.25, 0.3) is 0 Å². The van der Waals surface area contributed by atoms with Crippen LogP contribution in [0.5, 0.6) is 17.2 Å².